The van der Waals surface area contributed by atoms with Crippen molar-refractivity contribution >= 4 is 68.0 Å². The van der Waals surface area contributed by atoms with E-state index in [0.717, 1.165) is 16.5 Å². The number of benzene rings is 3. The zero-order valence-electron chi connectivity index (χ0n) is 22.2. The van der Waals surface area contributed by atoms with Crippen LogP contribution in [0.3, 0.4) is 0 Å². The van der Waals surface area contributed by atoms with E-state index in [0.29, 0.717) is 28.0 Å². The number of nitro benzene ring substituents is 1. The van der Waals surface area contributed by atoms with Crippen LogP contribution in [0, 0.1) is 24.0 Å². The molecule has 218 valence electrons. The Hall–Kier alpha value is -4.40. The van der Waals surface area contributed by atoms with Crippen LogP contribution in [-0.4, -0.2) is 48.9 Å². The van der Waals surface area contributed by atoms with E-state index >= 15 is 0 Å². The number of aryl methyl sites for hydroxylation is 2. The molecule has 0 aromatic heterocycles. The monoisotopic (exact) mass is 631 g/mol. The van der Waals surface area contributed by atoms with Crippen LogP contribution in [0.15, 0.2) is 64.4 Å². The van der Waals surface area contributed by atoms with Crippen molar-refractivity contribution in [1.82, 2.24) is 4.90 Å². The van der Waals surface area contributed by atoms with Gasteiger partial charge in [-0.1, -0.05) is 29.8 Å². The number of carbonyl (C=O) groups is 3. The highest BCUT2D eigenvalue weighted by Crippen LogP contribution is 2.36. The molecule has 15 heteroatoms. The second-order valence-electron chi connectivity index (χ2n) is 8.93. The topological polar surface area (TPSA) is 162 Å². The molecule has 0 aliphatic carbocycles. The van der Waals surface area contributed by atoms with Crippen molar-refractivity contribution in [2.75, 3.05) is 19.0 Å². The van der Waals surface area contributed by atoms with E-state index in [9.17, 15) is 32.9 Å². The van der Waals surface area contributed by atoms with E-state index < -0.39 is 43.5 Å². The Morgan fingerprint density at radius 2 is 1.79 bits per heavy atom. The largest absolute Gasteiger partial charge is 0.493 e. The van der Waals surface area contributed by atoms with Gasteiger partial charge in [0, 0.05) is 22.3 Å². The highest BCUT2D eigenvalue weighted by atomic mass is 35.5. The van der Waals surface area contributed by atoms with Crippen LogP contribution < -0.4 is 14.2 Å². The first-order valence-corrected chi connectivity index (χ1v) is 14.6. The fourth-order valence-electron chi connectivity index (χ4n) is 3.75. The third kappa shape index (κ3) is 6.73. The Bertz CT molecular complexity index is 1770. The van der Waals surface area contributed by atoms with E-state index in [1.807, 2.05) is 0 Å². The lowest BCUT2D eigenvalue weighted by Gasteiger charge is -2.13. The lowest BCUT2D eigenvalue weighted by Crippen LogP contribution is -2.36. The zero-order chi connectivity index (χ0) is 30.8. The average molecular weight is 632 g/mol. The number of thioether (sulfide) groups is 1. The molecule has 42 heavy (non-hydrogen) atoms. The summed E-state index contributed by atoms with van der Waals surface area (Å²) in [6.45, 7) is 2.76. The summed E-state index contributed by atoms with van der Waals surface area (Å²) in [6, 6.07) is 12.4. The van der Waals surface area contributed by atoms with Crippen LogP contribution in [0.4, 0.5) is 16.2 Å². The summed E-state index contributed by atoms with van der Waals surface area (Å²) in [7, 11) is -3.20. The van der Waals surface area contributed by atoms with Gasteiger partial charge in [0.1, 0.15) is 11.4 Å². The number of hydrogen-bond acceptors (Lipinski definition) is 10. The Morgan fingerprint density at radius 1 is 1.07 bits per heavy atom. The standard InChI is InChI=1S/C27H22ClN3O9S2/c1-15-4-7-18(12-20(15)28)29-25(32)14-30-26(33)24(41-27(30)34)11-17-6-9-22(23(10-17)39-3)40-42(37,38)19-8-5-16(2)21(13-19)31(35)36/h4-13H,14H2,1-3H3,(H,29,32)/b24-11-. The normalized spacial score (nSPS) is 14.3. The highest BCUT2D eigenvalue weighted by molar-refractivity contribution is 8.18. The first-order valence-electron chi connectivity index (χ1n) is 12.0. The van der Waals surface area contributed by atoms with Gasteiger partial charge >= 0.3 is 10.1 Å². The van der Waals surface area contributed by atoms with Crippen LogP contribution in [0.2, 0.25) is 5.02 Å². The quantitative estimate of drug-likeness (QED) is 0.142. The van der Waals surface area contributed by atoms with Crippen LogP contribution in [0.25, 0.3) is 6.08 Å². The van der Waals surface area contributed by atoms with Gasteiger partial charge in [0.25, 0.3) is 16.8 Å². The number of nitro groups is 1. The summed E-state index contributed by atoms with van der Waals surface area (Å²) in [5.74, 6) is -1.52. The van der Waals surface area contributed by atoms with E-state index in [4.69, 9.17) is 20.5 Å². The van der Waals surface area contributed by atoms with Gasteiger partial charge in [0.2, 0.25) is 5.91 Å². The summed E-state index contributed by atoms with van der Waals surface area (Å²) < 4.78 is 36.1. The van der Waals surface area contributed by atoms with Gasteiger partial charge < -0.3 is 14.2 Å². The van der Waals surface area contributed by atoms with Crippen molar-refractivity contribution in [3.05, 3.63) is 91.3 Å². The fraction of sp³-hybridized carbons (Fsp3) is 0.148. The molecule has 12 nitrogen and oxygen atoms in total. The number of methoxy groups -OCH3 is 1. The van der Waals surface area contributed by atoms with Crippen LogP contribution in [0.1, 0.15) is 16.7 Å². The van der Waals surface area contributed by atoms with Gasteiger partial charge in [-0.25, -0.2) is 0 Å². The van der Waals surface area contributed by atoms with Gasteiger partial charge in [-0.3, -0.25) is 29.4 Å². The first-order chi connectivity index (χ1) is 19.8. The SMILES string of the molecule is COc1cc(/C=C2\SC(=O)N(CC(=O)Nc3ccc(C)c(Cl)c3)C2=O)ccc1OS(=O)(=O)c1ccc(C)c([N+](=O)[O-])c1. The molecule has 0 unspecified atom stereocenters. The Kier molecular flexibility index (Phi) is 8.89. The van der Waals surface area contributed by atoms with E-state index in [1.165, 1.54) is 50.4 Å². The second kappa shape index (κ2) is 12.2. The number of carbonyl (C=O) groups excluding carboxylic acids is 3. The number of hydrogen-bond donors (Lipinski definition) is 1. The summed E-state index contributed by atoms with van der Waals surface area (Å²) in [5.41, 5.74) is 1.50. The highest BCUT2D eigenvalue weighted by Gasteiger charge is 2.36. The molecule has 1 N–H and O–H groups in total. The minimum Gasteiger partial charge on any atom is -0.493 e. The number of ether oxygens (including phenoxy) is 1. The Labute approximate surface area is 249 Å². The van der Waals surface area contributed by atoms with Crippen molar-refractivity contribution in [2.45, 2.75) is 18.7 Å². The van der Waals surface area contributed by atoms with Gasteiger partial charge in [-0.15, -0.1) is 0 Å². The third-order valence-electron chi connectivity index (χ3n) is 5.98. The molecule has 0 saturated carbocycles. The van der Waals surface area contributed by atoms with Crippen LogP contribution in [-0.2, 0) is 19.7 Å². The molecule has 3 aromatic rings. The van der Waals surface area contributed by atoms with E-state index in [-0.39, 0.29) is 27.7 Å². The number of nitrogens with one attached hydrogen (secondary N) is 1. The minimum atomic E-state index is -4.47. The van der Waals surface area contributed by atoms with Gasteiger partial charge in [0.15, 0.2) is 11.5 Å². The van der Waals surface area contributed by atoms with Crippen molar-refractivity contribution in [1.29, 1.82) is 0 Å². The molecule has 1 fully saturated rings. The van der Waals surface area contributed by atoms with E-state index in [2.05, 4.69) is 5.32 Å². The van der Waals surface area contributed by atoms with Crippen LogP contribution in [0.5, 0.6) is 11.5 Å². The molecule has 0 radical (unpaired) electrons. The molecular weight excluding hydrogens is 610 g/mol. The number of rotatable bonds is 9. The van der Waals surface area contributed by atoms with Crippen molar-refractivity contribution in [3.63, 3.8) is 0 Å². The maximum atomic E-state index is 12.9. The van der Waals surface area contributed by atoms with Gasteiger partial charge in [-0.05, 0) is 73.1 Å². The molecule has 1 heterocycles. The van der Waals surface area contributed by atoms with Crippen molar-refractivity contribution in [2.24, 2.45) is 0 Å². The molecule has 0 atom stereocenters. The van der Waals surface area contributed by atoms with Gasteiger partial charge in [0.05, 0.1) is 16.9 Å². The minimum absolute atomic E-state index is 0.0238. The average Bonchev–Trinajstić information content (AvgIpc) is 3.18. The lowest BCUT2D eigenvalue weighted by atomic mass is 10.2. The number of imide groups is 1. The molecule has 1 aliphatic rings. The fourth-order valence-corrected chi connectivity index (χ4v) is 5.73. The maximum Gasteiger partial charge on any atom is 0.339 e. The molecular formula is C27H22ClN3O9S2. The van der Waals surface area contributed by atoms with Crippen molar-refractivity contribution < 1.29 is 36.6 Å². The summed E-state index contributed by atoms with van der Waals surface area (Å²) in [6.07, 6.45) is 1.38. The number of halogens is 1. The molecule has 1 aliphatic heterocycles. The van der Waals surface area contributed by atoms with E-state index in [1.54, 1.807) is 25.1 Å². The smallest absolute Gasteiger partial charge is 0.339 e. The Balaban J connectivity index is 1.50. The molecule has 0 spiro atoms. The molecule has 0 bridgehead atoms. The zero-order valence-corrected chi connectivity index (χ0v) is 24.6. The predicted molar refractivity (Wildman–Crippen MR) is 156 cm³/mol. The predicted octanol–water partition coefficient (Wildman–Crippen LogP) is 5.32. The molecule has 4 rings (SSSR count). The lowest BCUT2D eigenvalue weighted by molar-refractivity contribution is -0.385. The Morgan fingerprint density at radius 3 is 2.45 bits per heavy atom. The molecule has 3 aromatic carbocycles. The summed E-state index contributed by atoms with van der Waals surface area (Å²) >= 11 is 6.71. The second-order valence-corrected chi connectivity index (χ2v) is 11.9. The van der Waals surface area contributed by atoms with Gasteiger partial charge in [-0.2, -0.15) is 8.42 Å². The summed E-state index contributed by atoms with van der Waals surface area (Å²) in [5, 5.41) is 13.6. The number of amides is 3. The number of anilines is 1. The maximum absolute atomic E-state index is 12.9. The first kappa shape index (κ1) is 30.6. The van der Waals surface area contributed by atoms with Crippen LogP contribution >= 0.6 is 23.4 Å². The van der Waals surface area contributed by atoms with Crippen molar-refractivity contribution in [3.8, 4) is 11.5 Å². The summed E-state index contributed by atoms with van der Waals surface area (Å²) in [4.78, 5) is 48.8. The molecule has 1 saturated heterocycles. The molecule has 3 amide bonds. The number of nitrogens with zero attached hydrogens (tertiary/aromatic N) is 2. The third-order valence-corrected chi connectivity index (χ3v) is 8.53.